The molecular formula is C17H26N2O3. The first-order valence-corrected chi connectivity index (χ1v) is 7.32. The summed E-state index contributed by atoms with van der Waals surface area (Å²) < 4.78 is 16.0. The Morgan fingerprint density at radius 2 is 1.95 bits per heavy atom. The maximum Gasteiger partial charge on any atom is 0.130 e. The summed E-state index contributed by atoms with van der Waals surface area (Å²) >= 11 is 0. The van der Waals surface area contributed by atoms with Crippen molar-refractivity contribution in [3.63, 3.8) is 0 Å². The number of nitrogens with two attached hydrogens (primary N) is 1. The van der Waals surface area contributed by atoms with Gasteiger partial charge < -0.3 is 19.9 Å². The average molecular weight is 306 g/mol. The molecule has 0 saturated heterocycles. The summed E-state index contributed by atoms with van der Waals surface area (Å²) in [4.78, 5) is 4.06. The van der Waals surface area contributed by atoms with E-state index in [1.54, 1.807) is 14.2 Å². The third-order valence-corrected chi connectivity index (χ3v) is 3.25. The highest BCUT2D eigenvalue weighted by Crippen LogP contribution is 2.25. The van der Waals surface area contributed by atoms with Gasteiger partial charge in [-0.25, -0.2) is 4.99 Å². The summed E-state index contributed by atoms with van der Waals surface area (Å²) in [6.07, 6.45) is 3.26. The van der Waals surface area contributed by atoms with Gasteiger partial charge in [-0.1, -0.05) is 12.6 Å². The molecule has 0 saturated carbocycles. The van der Waals surface area contributed by atoms with Crippen molar-refractivity contribution in [1.29, 1.82) is 0 Å². The zero-order valence-electron chi connectivity index (χ0n) is 13.7. The molecule has 1 aromatic carbocycles. The lowest BCUT2D eigenvalue weighted by molar-refractivity contribution is 0.145. The van der Waals surface area contributed by atoms with E-state index < -0.39 is 0 Å². The van der Waals surface area contributed by atoms with Crippen molar-refractivity contribution in [2.24, 2.45) is 10.7 Å². The van der Waals surface area contributed by atoms with E-state index in [9.17, 15) is 0 Å². The van der Waals surface area contributed by atoms with Gasteiger partial charge in [0.25, 0.3) is 0 Å². The Morgan fingerprint density at radius 1 is 1.23 bits per heavy atom. The second-order valence-electron chi connectivity index (χ2n) is 4.91. The van der Waals surface area contributed by atoms with E-state index in [-0.39, 0.29) is 0 Å². The van der Waals surface area contributed by atoms with Crippen LogP contribution in [-0.2, 0) is 15.9 Å². The van der Waals surface area contributed by atoms with Gasteiger partial charge in [-0.3, -0.25) is 0 Å². The van der Waals surface area contributed by atoms with Crippen molar-refractivity contribution >= 4 is 5.84 Å². The molecule has 0 aliphatic rings. The van der Waals surface area contributed by atoms with Crippen LogP contribution in [0, 0.1) is 6.92 Å². The summed E-state index contributed by atoms with van der Waals surface area (Å²) in [5.41, 5.74) is 9.05. The van der Waals surface area contributed by atoms with Crippen molar-refractivity contribution in [2.45, 2.75) is 19.8 Å². The van der Waals surface area contributed by atoms with Gasteiger partial charge in [0.1, 0.15) is 18.2 Å². The average Bonchev–Trinajstić information content (AvgIpc) is 2.49. The van der Waals surface area contributed by atoms with E-state index in [0.29, 0.717) is 19.0 Å². The molecule has 0 bridgehead atoms. The topological polar surface area (TPSA) is 66.1 Å². The van der Waals surface area contributed by atoms with Crippen LogP contribution in [0.25, 0.3) is 0 Å². The van der Waals surface area contributed by atoms with Crippen molar-refractivity contribution < 1.29 is 14.2 Å². The normalized spacial score (nSPS) is 11.5. The van der Waals surface area contributed by atoms with Crippen molar-refractivity contribution in [1.82, 2.24) is 0 Å². The predicted molar refractivity (Wildman–Crippen MR) is 89.7 cm³/mol. The van der Waals surface area contributed by atoms with Gasteiger partial charge >= 0.3 is 0 Å². The van der Waals surface area contributed by atoms with Gasteiger partial charge in [-0.05, 0) is 37.0 Å². The molecule has 0 unspecified atom stereocenters. The Balaban J connectivity index is 3.05. The first kappa shape index (κ1) is 18.2. The van der Waals surface area contributed by atoms with Gasteiger partial charge in [-0.2, -0.15) is 0 Å². The number of aryl methyl sites for hydroxylation is 2. The molecule has 0 spiro atoms. The first-order valence-electron chi connectivity index (χ1n) is 7.32. The summed E-state index contributed by atoms with van der Waals surface area (Å²) in [7, 11) is 3.36. The van der Waals surface area contributed by atoms with Crippen LogP contribution < -0.4 is 10.5 Å². The molecule has 0 aromatic heterocycles. The molecule has 0 fully saturated rings. The minimum absolute atomic E-state index is 0.438. The number of aliphatic imine (C=N–C) groups is 1. The Labute approximate surface area is 132 Å². The third-order valence-electron chi connectivity index (χ3n) is 3.25. The maximum absolute atomic E-state index is 5.98. The fourth-order valence-electron chi connectivity index (χ4n) is 2.16. The standard InChI is InChI=1S/C17H26N2O3/c1-5-19-17(18)15-12-16(22-10-9-21-4)14(11-13(15)2)7-6-8-20-3/h5,11-12H,1,6-10H2,2-4H3,(H2,18,19). The number of hydrogen-bond donors (Lipinski definition) is 1. The predicted octanol–water partition coefficient (Wildman–Crippen LogP) is 2.45. The van der Waals surface area contributed by atoms with Crippen LogP contribution in [-0.4, -0.2) is 39.9 Å². The van der Waals surface area contributed by atoms with E-state index in [1.807, 2.05) is 13.0 Å². The lowest BCUT2D eigenvalue weighted by Crippen LogP contribution is -2.16. The molecule has 0 atom stereocenters. The van der Waals surface area contributed by atoms with Crippen LogP contribution in [0.4, 0.5) is 0 Å². The molecule has 0 radical (unpaired) electrons. The first-order chi connectivity index (χ1) is 10.6. The lowest BCUT2D eigenvalue weighted by atomic mass is 10.00. The molecular weight excluding hydrogens is 280 g/mol. The zero-order valence-corrected chi connectivity index (χ0v) is 13.7. The second-order valence-corrected chi connectivity index (χ2v) is 4.91. The summed E-state index contributed by atoms with van der Waals surface area (Å²) in [6, 6.07) is 4.04. The molecule has 2 N–H and O–H groups in total. The fraction of sp³-hybridized carbons (Fsp3) is 0.471. The molecule has 122 valence electrons. The van der Waals surface area contributed by atoms with Gasteiger partial charge in [-0.15, -0.1) is 0 Å². The quantitative estimate of drug-likeness (QED) is 0.410. The van der Waals surface area contributed by atoms with E-state index in [4.69, 9.17) is 19.9 Å². The lowest BCUT2D eigenvalue weighted by Gasteiger charge is -2.15. The van der Waals surface area contributed by atoms with Crippen LogP contribution in [0.3, 0.4) is 0 Å². The van der Waals surface area contributed by atoms with Crippen LogP contribution >= 0.6 is 0 Å². The Kier molecular flexibility index (Phi) is 8.25. The number of nitrogens with zero attached hydrogens (tertiary/aromatic N) is 1. The number of benzene rings is 1. The molecule has 0 aliphatic carbocycles. The van der Waals surface area contributed by atoms with Crippen LogP contribution in [0.15, 0.2) is 29.9 Å². The number of hydrogen-bond acceptors (Lipinski definition) is 4. The van der Waals surface area contributed by atoms with Gasteiger partial charge in [0, 0.05) is 32.6 Å². The van der Waals surface area contributed by atoms with Gasteiger partial charge in [0.05, 0.1) is 6.61 Å². The third kappa shape index (κ3) is 5.50. The van der Waals surface area contributed by atoms with E-state index in [1.165, 1.54) is 6.20 Å². The Bertz CT molecular complexity index is 513. The van der Waals surface area contributed by atoms with Crippen molar-refractivity contribution in [2.75, 3.05) is 34.0 Å². The SMILES string of the molecule is C=CN=C(N)c1cc(OCCOC)c(CCCOC)cc1C. The van der Waals surface area contributed by atoms with Gasteiger partial charge in [0.2, 0.25) is 0 Å². The van der Waals surface area contributed by atoms with Gasteiger partial charge in [0.15, 0.2) is 0 Å². The Hall–Kier alpha value is -1.85. The second kappa shape index (κ2) is 9.97. The van der Waals surface area contributed by atoms with Crippen LogP contribution in [0.1, 0.15) is 23.1 Å². The molecule has 1 aromatic rings. The highest BCUT2D eigenvalue weighted by Gasteiger charge is 2.11. The largest absolute Gasteiger partial charge is 0.491 e. The molecule has 5 heteroatoms. The molecule has 0 aliphatic heterocycles. The summed E-state index contributed by atoms with van der Waals surface area (Å²) in [5.74, 6) is 1.25. The minimum atomic E-state index is 0.438. The molecule has 22 heavy (non-hydrogen) atoms. The molecule has 0 amide bonds. The summed E-state index contributed by atoms with van der Waals surface area (Å²) in [6.45, 7) is 7.34. The molecule has 1 rings (SSSR count). The monoisotopic (exact) mass is 306 g/mol. The van der Waals surface area contributed by atoms with Crippen LogP contribution in [0.2, 0.25) is 0 Å². The van der Waals surface area contributed by atoms with E-state index >= 15 is 0 Å². The summed E-state index contributed by atoms with van der Waals surface area (Å²) in [5, 5.41) is 0. The fourth-order valence-corrected chi connectivity index (χ4v) is 2.16. The maximum atomic E-state index is 5.98. The highest BCUT2D eigenvalue weighted by molar-refractivity contribution is 5.99. The number of rotatable bonds is 10. The highest BCUT2D eigenvalue weighted by atomic mass is 16.5. The minimum Gasteiger partial charge on any atom is -0.491 e. The van der Waals surface area contributed by atoms with Crippen molar-refractivity contribution in [3.8, 4) is 5.75 Å². The smallest absolute Gasteiger partial charge is 0.130 e. The molecule has 5 nitrogen and oxygen atoms in total. The Morgan fingerprint density at radius 3 is 2.59 bits per heavy atom. The number of methoxy groups -OCH3 is 2. The van der Waals surface area contributed by atoms with Crippen LogP contribution in [0.5, 0.6) is 5.75 Å². The van der Waals surface area contributed by atoms with Crippen molar-refractivity contribution in [3.05, 3.63) is 41.6 Å². The van der Waals surface area contributed by atoms with E-state index in [0.717, 1.165) is 41.9 Å². The number of amidine groups is 1. The molecule has 0 heterocycles. The number of ether oxygens (including phenoxy) is 3. The zero-order chi connectivity index (χ0) is 16.4. The van der Waals surface area contributed by atoms with E-state index in [2.05, 4.69) is 17.6 Å².